The minimum absolute atomic E-state index is 0.0411. The Balaban J connectivity index is 1.67. The van der Waals surface area contributed by atoms with Gasteiger partial charge in [0, 0.05) is 31.3 Å². The van der Waals surface area contributed by atoms with E-state index in [0.29, 0.717) is 0 Å². The molecule has 0 radical (unpaired) electrons. The second-order valence-electron chi connectivity index (χ2n) is 7.16. The molecule has 3 atom stereocenters. The van der Waals surface area contributed by atoms with Crippen molar-refractivity contribution in [3.8, 4) is 5.88 Å². The fourth-order valence-corrected chi connectivity index (χ4v) is 5.02. The SMILES string of the molecule is CNC(=O)c1csc2c(C(F)(F)F)cc(O[C@H]3C[C@H]4COC[C@@H](C3)N4C(=O)O)nc12. The predicted molar refractivity (Wildman–Crippen MR) is 99.9 cm³/mol. The fourth-order valence-electron chi connectivity index (χ4n) is 4.00. The Hall–Kier alpha value is -2.60. The van der Waals surface area contributed by atoms with Gasteiger partial charge in [0.2, 0.25) is 5.88 Å². The zero-order chi connectivity index (χ0) is 21.6. The highest BCUT2D eigenvalue weighted by Gasteiger charge is 2.43. The van der Waals surface area contributed by atoms with Crippen molar-refractivity contribution in [3.63, 3.8) is 0 Å². The summed E-state index contributed by atoms with van der Waals surface area (Å²) in [6.45, 7) is 0.405. The average molecular weight is 445 g/mol. The summed E-state index contributed by atoms with van der Waals surface area (Å²) < 4.78 is 52.0. The number of hydrogen-bond donors (Lipinski definition) is 2. The molecular formula is C18H18F3N3O5S. The van der Waals surface area contributed by atoms with Crippen molar-refractivity contribution in [3.05, 3.63) is 22.6 Å². The largest absolute Gasteiger partial charge is 0.474 e. The van der Waals surface area contributed by atoms with Crippen LogP contribution in [0.3, 0.4) is 0 Å². The lowest BCUT2D eigenvalue weighted by Gasteiger charge is -2.46. The van der Waals surface area contributed by atoms with Gasteiger partial charge in [0.1, 0.15) is 6.10 Å². The van der Waals surface area contributed by atoms with Gasteiger partial charge in [-0.2, -0.15) is 13.2 Å². The molecule has 8 nitrogen and oxygen atoms in total. The van der Waals surface area contributed by atoms with Crippen LogP contribution in [-0.2, 0) is 10.9 Å². The van der Waals surface area contributed by atoms with Gasteiger partial charge < -0.3 is 19.9 Å². The molecule has 0 aliphatic carbocycles. The van der Waals surface area contributed by atoms with E-state index in [9.17, 15) is 27.9 Å². The van der Waals surface area contributed by atoms with Crippen LogP contribution in [0.1, 0.15) is 28.8 Å². The summed E-state index contributed by atoms with van der Waals surface area (Å²) in [5, 5.41) is 13.1. The molecule has 30 heavy (non-hydrogen) atoms. The molecule has 0 spiro atoms. The van der Waals surface area contributed by atoms with Crippen LogP contribution in [0, 0.1) is 0 Å². The Bertz CT molecular complexity index is 981. The molecule has 4 heterocycles. The minimum Gasteiger partial charge on any atom is -0.474 e. The monoisotopic (exact) mass is 445 g/mol. The molecule has 12 heteroatoms. The van der Waals surface area contributed by atoms with Crippen LogP contribution in [0.15, 0.2) is 11.4 Å². The zero-order valence-electron chi connectivity index (χ0n) is 15.7. The first kappa shape index (κ1) is 20.7. The van der Waals surface area contributed by atoms with E-state index >= 15 is 0 Å². The number of thiophene rings is 1. The maximum Gasteiger partial charge on any atom is 0.418 e. The second kappa shape index (κ2) is 7.58. The van der Waals surface area contributed by atoms with Crippen molar-refractivity contribution < 1.29 is 37.3 Å². The van der Waals surface area contributed by atoms with Gasteiger partial charge in [-0.1, -0.05) is 0 Å². The molecule has 2 saturated heterocycles. The van der Waals surface area contributed by atoms with E-state index in [4.69, 9.17) is 9.47 Å². The van der Waals surface area contributed by atoms with E-state index in [1.165, 1.54) is 17.3 Å². The number of carbonyl (C=O) groups is 2. The Morgan fingerprint density at radius 3 is 2.57 bits per heavy atom. The third kappa shape index (κ3) is 3.65. The van der Waals surface area contributed by atoms with E-state index in [-0.39, 0.29) is 47.7 Å². The topological polar surface area (TPSA) is 101 Å². The first-order valence-electron chi connectivity index (χ1n) is 9.16. The van der Waals surface area contributed by atoms with Crippen LogP contribution in [0.2, 0.25) is 0 Å². The Labute approximate surface area is 172 Å². The lowest BCUT2D eigenvalue weighted by molar-refractivity contribution is -0.136. The summed E-state index contributed by atoms with van der Waals surface area (Å²) in [5.74, 6) is -0.786. The summed E-state index contributed by atoms with van der Waals surface area (Å²) >= 11 is 0.796. The number of ether oxygens (including phenoxy) is 2. The number of alkyl halides is 3. The van der Waals surface area contributed by atoms with E-state index in [2.05, 4.69) is 10.3 Å². The first-order valence-corrected chi connectivity index (χ1v) is 10.0. The number of rotatable bonds is 3. The van der Waals surface area contributed by atoms with Crippen LogP contribution in [0.25, 0.3) is 10.2 Å². The van der Waals surface area contributed by atoms with Crippen molar-refractivity contribution in [2.45, 2.75) is 37.2 Å². The molecule has 2 aliphatic heterocycles. The molecule has 2 bridgehead atoms. The van der Waals surface area contributed by atoms with Crippen molar-refractivity contribution >= 4 is 33.6 Å². The number of hydrogen-bond acceptors (Lipinski definition) is 6. The molecule has 2 aromatic heterocycles. The Kier molecular flexibility index (Phi) is 5.22. The van der Waals surface area contributed by atoms with Gasteiger partial charge in [0.15, 0.2) is 0 Å². The van der Waals surface area contributed by atoms with Gasteiger partial charge in [-0.25, -0.2) is 9.78 Å². The number of fused-ring (bicyclic) bond motifs is 3. The fraction of sp³-hybridized carbons (Fsp3) is 0.500. The minimum atomic E-state index is -4.65. The summed E-state index contributed by atoms with van der Waals surface area (Å²) in [6, 6.07) is -0.0377. The van der Waals surface area contributed by atoms with Crippen LogP contribution >= 0.6 is 11.3 Å². The highest BCUT2D eigenvalue weighted by atomic mass is 32.1. The normalized spacial score (nSPS) is 24.0. The lowest BCUT2D eigenvalue weighted by Crippen LogP contribution is -2.60. The van der Waals surface area contributed by atoms with Crippen molar-refractivity contribution in [2.75, 3.05) is 20.3 Å². The van der Waals surface area contributed by atoms with Crippen LogP contribution < -0.4 is 10.1 Å². The quantitative estimate of drug-likeness (QED) is 0.754. The second-order valence-corrected chi connectivity index (χ2v) is 8.04. The van der Waals surface area contributed by atoms with E-state index in [0.717, 1.165) is 17.4 Å². The molecular weight excluding hydrogens is 427 g/mol. The van der Waals surface area contributed by atoms with Gasteiger partial charge in [-0.15, -0.1) is 11.3 Å². The van der Waals surface area contributed by atoms with Crippen LogP contribution in [0.4, 0.5) is 18.0 Å². The van der Waals surface area contributed by atoms with Gasteiger partial charge >= 0.3 is 12.3 Å². The summed E-state index contributed by atoms with van der Waals surface area (Å²) in [4.78, 5) is 29.0. The number of morpholine rings is 1. The lowest BCUT2D eigenvalue weighted by atomic mass is 9.92. The number of halogens is 3. The predicted octanol–water partition coefficient (Wildman–Crippen LogP) is 2.96. The van der Waals surface area contributed by atoms with Crippen LogP contribution in [0.5, 0.6) is 5.88 Å². The third-order valence-electron chi connectivity index (χ3n) is 5.26. The summed E-state index contributed by atoms with van der Waals surface area (Å²) in [6.07, 6.45) is -5.68. The molecule has 0 unspecified atom stereocenters. The molecule has 162 valence electrons. The molecule has 2 amide bonds. The van der Waals surface area contributed by atoms with Gasteiger partial charge in [0.05, 0.1) is 46.6 Å². The van der Waals surface area contributed by atoms with E-state index in [1.807, 2.05) is 0 Å². The number of carbonyl (C=O) groups excluding carboxylic acids is 1. The van der Waals surface area contributed by atoms with Crippen molar-refractivity contribution in [1.82, 2.24) is 15.2 Å². The highest BCUT2D eigenvalue weighted by molar-refractivity contribution is 7.17. The average Bonchev–Trinajstić information content (AvgIpc) is 3.08. The maximum atomic E-state index is 13.6. The van der Waals surface area contributed by atoms with Gasteiger partial charge in [-0.3, -0.25) is 9.69 Å². The number of piperidine rings is 1. The Morgan fingerprint density at radius 1 is 1.33 bits per heavy atom. The zero-order valence-corrected chi connectivity index (χ0v) is 16.5. The standard InChI is InChI=1S/C18H18F3N3O5S/c1-22-16(25)11-7-30-15-12(18(19,20)21)4-13(23-14(11)15)29-10-2-8-5-28-6-9(3-10)24(8)17(26)27/h4,7-10H,2-3,5-6H2,1H3,(H,22,25)(H,26,27)/t8-,9+,10-. The molecule has 2 N–H and O–H groups in total. The number of amides is 2. The van der Waals surface area contributed by atoms with Crippen molar-refractivity contribution in [1.29, 1.82) is 0 Å². The molecule has 0 aromatic carbocycles. The summed E-state index contributed by atoms with van der Waals surface area (Å²) in [5.41, 5.74) is -0.954. The molecule has 2 fully saturated rings. The number of aromatic nitrogens is 1. The van der Waals surface area contributed by atoms with Gasteiger partial charge in [0.25, 0.3) is 5.91 Å². The molecule has 0 saturated carbocycles. The maximum absolute atomic E-state index is 13.6. The number of nitrogens with zero attached hydrogens (tertiary/aromatic N) is 2. The van der Waals surface area contributed by atoms with Crippen LogP contribution in [-0.4, -0.2) is 65.4 Å². The number of pyridine rings is 1. The molecule has 2 aromatic rings. The number of carboxylic acid groups (broad SMARTS) is 1. The molecule has 4 rings (SSSR count). The van der Waals surface area contributed by atoms with Gasteiger partial charge in [-0.05, 0) is 0 Å². The van der Waals surface area contributed by atoms with E-state index in [1.54, 1.807) is 0 Å². The molecule has 2 aliphatic rings. The van der Waals surface area contributed by atoms with E-state index < -0.39 is 41.9 Å². The third-order valence-corrected chi connectivity index (χ3v) is 6.26. The smallest absolute Gasteiger partial charge is 0.418 e. The number of nitrogens with one attached hydrogen (secondary N) is 1. The highest BCUT2D eigenvalue weighted by Crippen LogP contribution is 2.41. The summed E-state index contributed by atoms with van der Waals surface area (Å²) in [7, 11) is 1.38. The first-order chi connectivity index (χ1) is 14.2. The van der Waals surface area contributed by atoms with Crippen molar-refractivity contribution in [2.24, 2.45) is 0 Å². The Morgan fingerprint density at radius 2 is 2.00 bits per heavy atom.